The molecule has 24 heavy (non-hydrogen) atoms. The third-order valence-electron chi connectivity index (χ3n) is 3.95. The number of nitrogens with zero attached hydrogens (tertiary/aromatic N) is 1. The zero-order valence-electron chi connectivity index (χ0n) is 13.1. The van der Waals surface area contributed by atoms with Crippen molar-refractivity contribution in [3.63, 3.8) is 0 Å². The monoisotopic (exact) mass is 340 g/mol. The minimum Gasteiger partial charge on any atom is -0.348 e. The van der Waals surface area contributed by atoms with Gasteiger partial charge in [0.25, 0.3) is 0 Å². The molecule has 1 aromatic carbocycles. The van der Waals surface area contributed by atoms with Gasteiger partial charge in [0, 0.05) is 25.7 Å². The van der Waals surface area contributed by atoms with E-state index in [9.17, 15) is 22.8 Å². The lowest BCUT2D eigenvalue weighted by Crippen LogP contribution is -2.43. The van der Waals surface area contributed by atoms with E-state index in [0.29, 0.717) is 25.9 Å². The molecule has 1 heterocycles. The molecular formula is C17H19F3N2O2. The van der Waals surface area contributed by atoms with E-state index in [-0.39, 0.29) is 18.4 Å². The number of carbonyl (C=O) groups is 2. The van der Waals surface area contributed by atoms with Gasteiger partial charge in [-0.2, -0.15) is 13.2 Å². The minimum atomic E-state index is -4.85. The van der Waals surface area contributed by atoms with Gasteiger partial charge in [0.15, 0.2) is 0 Å². The van der Waals surface area contributed by atoms with Crippen molar-refractivity contribution in [3.8, 4) is 0 Å². The van der Waals surface area contributed by atoms with Gasteiger partial charge in [0.05, 0.1) is 0 Å². The third kappa shape index (κ3) is 5.40. The van der Waals surface area contributed by atoms with Crippen molar-refractivity contribution in [2.45, 2.75) is 19.0 Å². The van der Waals surface area contributed by atoms with Crippen LogP contribution in [0.2, 0.25) is 0 Å². The summed E-state index contributed by atoms with van der Waals surface area (Å²) in [5.74, 6) is -2.07. The van der Waals surface area contributed by atoms with E-state index in [4.69, 9.17) is 0 Å². The summed E-state index contributed by atoms with van der Waals surface area (Å²) in [6, 6.07) is 9.43. The highest BCUT2D eigenvalue weighted by atomic mass is 19.4. The molecule has 2 amide bonds. The van der Waals surface area contributed by atoms with Gasteiger partial charge < -0.3 is 10.2 Å². The predicted octanol–water partition coefficient (Wildman–Crippen LogP) is 2.62. The topological polar surface area (TPSA) is 49.4 Å². The Morgan fingerprint density at radius 2 is 1.79 bits per heavy atom. The highest BCUT2D eigenvalue weighted by molar-refractivity contribution is 5.91. The summed E-state index contributed by atoms with van der Waals surface area (Å²) in [6.07, 6.45) is -0.468. The highest BCUT2D eigenvalue weighted by Gasteiger charge is 2.38. The molecule has 1 fully saturated rings. The van der Waals surface area contributed by atoms with Crippen molar-refractivity contribution in [3.05, 3.63) is 42.0 Å². The van der Waals surface area contributed by atoms with Gasteiger partial charge in [0.2, 0.25) is 5.91 Å². The molecule has 0 atom stereocenters. The van der Waals surface area contributed by atoms with Gasteiger partial charge in [-0.3, -0.25) is 9.59 Å². The number of nitrogens with one attached hydrogen (secondary N) is 1. The number of carbonyl (C=O) groups excluding carboxylic acids is 2. The Morgan fingerprint density at radius 1 is 1.17 bits per heavy atom. The maximum Gasteiger partial charge on any atom is 0.471 e. The predicted molar refractivity (Wildman–Crippen MR) is 83.8 cm³/mol. The van der Waals surface area contributed by atoms with Crippen molar-refractivity contribution >= 4 is 17.9 Å². The fraction of sp³-hybridized carbons (Fsp3) is 0.412. The van der Waals surface area contributed by atoms with Crippen LogP contribution in [0.3, 0.4) is 0 Å². The smallest absolute Gasteiger partial charge is 0.348 e. The van der Waals surface area contributed by atoms with Crippen LogP contribution in [-0.4, -0.2) is 42.5 Å². The quantitative estimate of drug-likeness (QED) is 0.857. The van der Waals surface area contributed by atoms with Gasteiger partial charge in [-0.05, 0) is 30.4 Å². The van der Waals surface area contributed by atoms with E-state index in [2.05, 4.69) is 0 Å². The second-order valence-electron chi connectivity index (χ2n) is 5.72. The average Bonchev–Trinajstić information content (AvgIpc) is 2.58. The van der Waals surface area contributed by atoms with Crippen molar-refractivity contribution in [1.29, 1.82) is 0 Å². The normalized spacial score (nSPS) is 16.4. The van der Waals surface area contributed by atoms with E-state index >= 15 is 0 Å². The van der Waals surface area contributed by atoms with Gasteiger partial charge in [0.1, 0.15) is 0 Å². The Hall–Kier alpha value is -2.31. The molecule has 0 aromatic heterocycles. The second-order valence-corrected chi connectivity index (χ2v) is 5.72. The molecule has 0 radical (unpaired) electrons. The Morgan fingerprint density at radius 3 is 2.38 bits per heavy atom. The molecule has 0 aliphatic carbocycles. The minimum absolute atomic E-state index is 0.0137. The largest absolute Gasteiger partial charge is 0.471 e. The lowest BCUT2D eigenvalue weighted by atomic mass is 9.96. The summed E-state index contributed by atoms with van der Waals surface area (Å²) in [4.78, 5) is 24.6. The van der Waals surface area contributed by atoms with E-state index in [1.807, 2.05) is 35.6 Å². The van der Waals surface area contributed by atoms with Crippen LogP contribution in [0.25, 0.3) is 6.08 Å². The summed E-state index contributed by atoms with van der Waals surface area (Å²) in [7, 11) is 0. The number of hydrogen-bond acceptors (Lipinski definition) is 2. The molecule has 1 N–H and O–H groups in total. The number of rotatable bonds is 4. The molecule has 130 valence electrons. The number of hydrogen-bond donors (Lipinski definition) is 1. The lowest BCUT2D eigenvalue weighted by Gasteiger charge is -2.31. The van der Waals surface area contributed by atoms with Crippen molar-refractivity contribution in [2.24, 2.45) is 5.92 Å². The van der Waals surface area contributed by atoms with Gasteiger partial charge in [-0.15, -0.1) is 0 Å². The molecule has 2 rings (SSSR count). The molecule has 1 saturated heterocycles. The Balaban J connectivity index is 1.75. The first-order valence-corrected chi connectivity index (χ1v) is 7.73. The van der Waals surface area contributed by atoms with Crippen LogP contribution in [0.1, 0.15) is 18.4 Å². The van der Waals surface area contributed by atoms with E-state index in [1.165, 1.54) is 6.08 Å². The first-order valence-electron chi connectivity index (χ1n) is 7.73. The molecular weight excluding hydrogens is 321 g/mol. The number of halogens is 3. The SMILES string of the molecule is O=C(/C=C/c1ccccc1)N1CCC(CNC(=O)C(F)(F)F)CC1. The molecule has 1 aliphatic heterocycles. The second kappa shape index (κ2) is 7.99. The van der Waals surface area contributed by atoms with Crippen LogP contribution < -0.4 is 5.32 Å². The van der Waals surface area contributed by atoms with Crippen LogP contribution in [0.5, 0.6) is 0 Å². The first-order chi connectivity index (χ1) is 11.4. The van der Waals surface area contributed by atoms with Gasteiger partial charge >= 0.3 is 12.1 Å². The van der Waals surface area contributed by atoms with Crippen LogP contribution >= 0.6 is 0 Å². The van der Waals surface area contributed by atoms with Crippen LogP contribution in [-0.2, 0) is 9.59 Å². The molecule has 0 bridgehead atoms. The van der Waals surface area contributed by atoms with Gasteiger partial charge in [-0.25, -0.2) is 0 Å². The molecule has 4 nitrogen and oxygen atoms in total. The standard InChI is InChI=1S/C17H19F3N2O2/c18-17(19,20)16(24)21-12-14-8-10-22(11-9-14)15(23)7-6-13-4-2-1-3-5-13/h1-7,14H,8-12H2,(H,21,24)/b7-6+. The van der Waals surface area contributed by atoms with E-state index in [0.717, 1.165) is 5.56 Å². The molecule has 0 saturated carbocycles. The first kappa shape index (κ1) is 18.0. The zero-order valence-corrected chi connectivity index (χ0v) is 13.1. The third-order valence-corrected chi connectivity index (χ3v) is 3.95. The summed E-state index contributed by atoms with van der Waals surface area (Å²) in [6.45, 7) is 0.940. The maximum atomic E-state index is 12.1. The zero-order chi connectivity index (χ0) is 17.6. The Labute approximate surface area is 138 Å². The fourth-order valence-corrected chi connectivity index (χ4v) is 2.53. The van der Waals surface area contributed by atoms with E-state index in [1.54, 1.807) is 11.0 Å². The number of piperidine rings is 1. The van der Waals surface area contributed by atoms with Crippen LogP contribution in [0.4, 0.5) is 13.2 Å². The average molecular weight is 340 g/mol. The van der Waals surface area contributed by atoms with Crippen molar-refractivity contribution in [2.75, 3.05) is 19.6 Å². The Kier molecular flexibility index (Phi) is 6.00. The van der Waals surface area contributed by atoms with Crippen molar-refractivity contribution in [1.82, 2.24) is 10.2 Å². The number of likely N-dealkylation sites (tertiary alicyclic amines) is 1. The number of benzene rings is 1. The molecule has 0 spiro atoms. The van der Waals surface area contributed by atoms with Crippen LogP contribution in [0.15, 0.2) is 36.4 Å². The maximum absolute atomic E-state index is 12.1. The fourth-order valence-electron chi connectivity index (χ4n) is 2.53. The Bertz CT molecular complexity index is 592. The number of amides is 2. The summed E-state index contributed by atoms with van der Waals surface area (Å²) in [5.41, 5.74) is 0.926. The summed E-state index contributed by atoms with van der Waals surface area (Å²) < 4.78 is 36.4. The van der Waals surface area contributed by atoms with Crippen molar-refractivity contribution < 1.29 is 22.8 Å². The van der Waals surface area contributed by atoms with Gasteiger partial charge in [-0.1, -0.05) is 30.3 Å². The van der Waals surface area contributed by atoms with E-state index < -0.39 is 12.1 Å². The molecule has 1 aromatic rings. The highest BCUT2D eigenvalue weighted by Crippen LogP contribution is 2.19. The summed E-state index contributed by atoms with van der Waals surface area (Å²) >= 11 is 0. The number of alkyl halides is 3. The van der Waals surface area contributed by atoms with Crippen LogP contribution in [0, 0.1) is 5.92 Å². The lowest BCUT2D eigenvalue weighted by molar-refractivity contribution is -0.173. The molecule has 7 heteroatoms. The molecule has 1 aliphatic rings. The molecule has 0 unspecified atom stereocenters. The summed E-state index contributed by atoms with van der Waals surface area (Å²) in [5, 5.41) is 1.90.